The summed E-state index contributed by atoms with van der Waals surface area (Å²) in [5, 5.41) is 3.38. The summed E-state index contributed by atoms with van der Waals surface area (Å²) in [5.74, 6) is 0.0220. The van der Waals surface area contributed by atoms with Crippen LogP contribution in [0, 0.1) is 13.8 Å². The highest BCUT2D eigenvalue weighted by Gasteiger charge is 2.31. The van der Waals surface area contributed by atoms with Gasteiger partial charge in [-0.2, -0.15) is 0 Å². The molecule has 0 spiro atoms. The molecular weight excluding hydrogens is 388 g/mol. The first-order valence-electron chi connectivity index (χ1n) is 8.48. The number of aryl methyl sites for hydroxylation is 1. The van der Waals surface area contributed by atoms with E-state index in [2.05, 4.69) is 5.32 Å². The third kappa shape index (κ3) is 4.20. The van der Waals surface area contributed by atoms with Gasteiger partial charge in [0.1, 0.15) is 5.75 Å². The number of ether oxygens (including phenoxy) is 1. The van der Waals surface area contributed by atoms with Crippen LogP contribution in [-0.2, 0) is 14.8 Å². The molecule has 1 aliphatic rings. The largest absolute Gasteiger partial charge is 0.478 e. The SMILES string of the molecule is Cc1ccc2c(c1)N(S(C)(=O)=O)CC[C@H](C(=O)Nc1cccc(Cl)c1C)O2. The van der Waals surface area contributed by atoms with Crippen molar-refractivity contribution in [2.24, 2.45) is 0 Å². The summed E-state index contributed by atoms with van der Waals surface area (Å²) in [5.41, 5.74) is 2.72. The number of fused-ring (bicyclic) bond motifs is 1. The number of sulfonamides is 1. The molecule has 0 bridgehead atoms. The molecule has 2 aromatic carbocycles. The van der Waals surface area contributed by atoms with Gasteiger partial charge in [-0.25, -0.2) is 8.42 Å². The first-order chi connectivity index (χ1) is 12.7. The van der Waals surface area contributed by atoms with Crippen LogP contribution in [0.5, 0.6) is 5.75 Å². The molecule has 1 amide bonds. The summed E-state index contributed by atoms with van der Waals surface area (Å²) in [4.78, 5) is 12.8. The van der Waals surface area contributed by atoms with E-state index in [0.717, 1.165) is 17.4 Å². The van der Waals surface area contributed by atoms with E-state index in [1.54, 1.807) is 30.3 Å². The first-order valence-corrected chi connectivity index (χ1v) is 10.7. The molecule has 6 nitrogen and oxygen atoms in total. The van der Waals surface area contributed by atoms with E-state index < -0.39 is 16.1 Å². The number of anilines is 2. The van der Waals surface area contributed by atoms with Crippen molar-refractivity contribution in [1.82, 2.24) is 0 Å². The van der Waals surface area contributed by atoms with Crippen molar-refractivity contribution >= 4 is 38.9 Å². The lowest BCUT2D eigenvalue weighted by Gasteiger charge is -2.21. The number of carbonyl (C=O) groups excluding carboxylic acids is 1. The van der Waals surface area contributed by atoms with E-state index in [9.17, 15) is 13.2 Å². The molecular formula is C19H21ClN2O4S. The number of nitrogens with one attached hydrogen (secondary N) is 1. The van der Waals surface area contributed by atoms with Gasteiger partial charge in [-0.15, -0.1) is 0 Å². The Morgan fingerprint density at radius 2 is 2.00 bits per heavy atom. The van der Waals surface area contributed by atoms with Crippen LogP contribution < -0.4 is 14.4 Å². The lowest BCUT2D eigenvalue weighted by molar-refractivity contribution is -0.122. The van der Waals surface area contributed by atoms with E-state index >= 15 is 0 Å². The number of halogens is 1. The number of carbonyl (C=O) groups is 1. The summed E-state index contributed by atoms with van der Waals surface area (Å²) in [6.45, 7) is 3.84. The quantitative estimate of drug-likeness (QED) is 0.843. The molecule has 144 valence electrons. The molecule has 0 unspecified atom stereocenters. The summed E-state index contributed by atoms with van der Waals surface area (Å²) in [6, 6.07) is 10.5. The molecule has 0 saturated heterocycles. The van der Waals surface area contributed by atoms with Gasteiger partial charge in [-0.05, 0) is 49.2 Å². The summed E-state index contributed by atoms with van der Waals surface area (Å²) in [6.07, 6.45) is 0.553. The summed E-state index contributed by atoms with van der Waals surface area (Å²) in [7, 11) is -3.50. The highest BCUT2D eigenvalue weighted by Crippen LogP contribution is 2.35. The van der Waals surface area contributed by atoms with Gasteiger partial charge >= 0.3 is 0 Å². The number of rotatable bonds is 3. The molecule has 0 radical (unpaired) electrons. The monoisotopic (exact) mass is 408 g/mol. The Morgan fingerprint density at radius 3 is 2.70 bits per heavy atom. The van der Waals surface area contributed by atoms with E-state index in [0.29, 0.717) is 22.1 Å². The smallest absolute Gasteiger partial charge is 0.265 e. The van der Waals surface area contributed by atoms with Crippen LogP contribution >= 0.6 is 11.6 Å². The van der Waals surface area contributed by atoms with Crippen molar-refractivity contribution in [3.63, 3.8) is 0 Å². The van der Waals surface area contributed by atoms with Crippen LogP contribution in [0.15, 0.2) is 36.4 Å². The standard InChI is InChI=1S/C19H21ClN2O4S/c1-12-7-8-17-16(11-12)22(27(3,24)25)10-9-18(26-17)19(23)21-15-6-4-5-14(20)13(15)2/h4-8,11,18H,9-10H2,1-3H3,(H,21,23)/t18-/m1/s1. The third-order valence-corrected chi connectivity index (χ3v) is 6.05. The lowest BCUT2D eigenvalue weighted by Crippen LogP contribution is -2.36. The maximum Gasteiger partial charge on any atom is 0.265 e. The van der Waals surface area contributed by atoms with Crippen LogP contribution in [0.1, 0.15) is 17.5 Å². The second-order valence-electron chi connectivity index (χ2n) is 6.60. The number of hydrogen-bond donors (Lipinski definition) is 1. The molecule has 0 aliphatic carbocycles. The Morgan fingerprint density at radius 1 is 1.26 bits per heavy atom. The topological polar surface area (TPSA) is 75.7 Å². The molecule has 0 aromatic heterocycles. The van der Waals surface area contributed by atoms with Gasteiger partial charge in [-0.3, -0.25) is 9.10 Å². The molecule has 0 saturated carbocycles. The minimum Gasteiger partial charge on any atom is -0.478 e. The Hall–Kier alpha value is -2.25. The van der Waals surface area contributed by atoms with Gasteiger partial charge in [-0.1, -0.05) is 23.7 Å². The van der Waals surface area contributed by atoms with E-state index in [4.69, 9.17) is 16.3 Å². The predicted molar refractivity (Wildman–Crippen MR) is 107 cm³/mol. The zero-order valence-electron chi connectivity index (χ0n) is 15.3. The predicted octanol–water partition coefficient (Wildman–Crippen LogP) is 3.51. The normalized spacial score (nSPS) is 16.9. The molecule has 1 heterocycles. The fourth-order valence-electron chi connectivity index (χ4n) is 2.97. The highest BCUT2D eigenvalue weighted by atomic mass is 35.5. The van der Waals surface area contributed by atoms with Gasteiger partial charge in [0.2, 0.25) is 10.0 Å². The molecule has 1 N–H and O–H groups in total. The Kier molecular flexibility index (Phi) is 5.35. The second kappa shape index (κ2) is 7.40. The Labute approximate surface area is 164 Å². The maximum absolute atomic E-state index is 12.8. The van der Waals surface area contributed by atoms with Crippen molar-refractivity contribution < 1.29 is 17.9 Å². The molecule has 0 fully saturated rings. The fraction of sp³-hybridized carbons (Fsp3) is 0.316. The number of amides is 1. The highest BCUT2D eigenvalue weighted by molar-refractivity contribution is 7.92. The molecule has 1 atom stereocenters. The van der Waals surface area contributed by atoms with Gasteiger partial charge < -0.3 is 10.1 Å². The van der Waals surface area contributed by atoms with Crippen molar-refractivity contribution in [1.29, 1.82) is 0 Å². The second-order valence-corrected chi connectivity index (χ2v) is 8.92. The van der Waals surface area contributed by atoms with Crippen LogP contribution in [-0.4, -0.2) is 33.2 Å². The zero-order chi connectivity index (χ0) is 19.8. The molecule has 1 aliphatic heterocycles. The van der Waals surface area contributed by atoms with Crippen LogP contribution in [0.25, 0.3) is 0 Å². The first kappa shape index (κ1) is 19.5. The van der Waals surface area contributed by atoms with Gasteiger partial charge in [0.25, 0.3) is 5.91 Å². The molecule has 27 heavy (non-hydrogen) atoms. The van der Waals surface area contributed by atoms with E-state index in [1.165, 1.54) is 4.31 Å². The molecule has 2 aromatic rings. The van der Waals surface area contributed by atoms with Crippen LogP contribution in [0.3, 0.4) is 0 Å². The number of benzene rings is 2. The fourth-order valence-corrected chi connectivity index (χ4v) is 4.09. The summed E-state index contributed by atoms with van der Waals surface area (Å²) < 4.78 is 31.6. The van der Waals surface area contributed by atoms with Crippen molar-refractivity contribution in [2.75, 3.05) is 22.4 Å². The van der Waals surface area contributed by atoms with Crippen LogP contribution in [0.2, 0.25) is 5.02 Å². The van der Waals surface area contributed by atoms with Crippen LogP contribution in [0.4, 0.5) is 11.4 Å². The van der Waals surface area contributed by atoms with Gasteiger partial charge in [0, 0.05) is 23.7 Å². The lowest BCUT2D eigenvalue weighted by atomic mass is 10.1. The Bertz CT molecular complexity index is 991. The average Bonchev–Trinajstić information content (AvgIpc) is 2.78. The minimum atomic E-state index is -3.50. The zero-order valence-corrected chi connectivity index (χ0v) is 16.9. The van der Waals surface area contributed by atoms with Crippen molar-refractivity contribution in [3.8, 4) is 5.75 Å². The summed E-state index contributed by atoms with van der Waals surface area (Å²) >= 11 is 6.10. The van der Waals surface area contributed by atoms with Crippen molar-refractivity contribution in [3.05, 3.63) is 52.5 Å². The van der Waals surface area contributed by atoms with Crippen molar-refractivity contribution in [2.45, 2.75) is 26.4 Å². The third-order valence-electron chi connectivity index (χ3n) is 4.47. The molecule has 8 heteroatoms. The maximum atomic E-state index is 12.8. The van der Waals surface area contributed by atoms with E-state index in [-0.39, 0.29) is 18.9 Å². The average molecular weight is 409 g/mol. The van der Waals surface area contributed by atoms with Gasteiger partial charge in [0.15, 0.2) is 6.10 Å². The molecule has 3 rings (SSSR count). The number of nitrogens with zero attached hydrogens (tertiary/aromatic N) is 1. The van der Waals surface area contributed by atoms with Gasteiger partial charge in [0.05, 0.1) is 11.9 Å². The number of hydrogen-bond acceptors (Lipinski definition) is 4. The Balaban J connectivity index is 1.90. The van der Waals surface area contributed by atoms with E-state index in [1.807, 2.05) is 19.9 Å². The minimum absolute atomic E-state index is 0.155.